The number of hydrogen-bond acceptors (Lipinski definition) is 5. The molecule has 0 bridgehead atoms. The first-order valence-electron chi connectivity index (χ1n) is 9.12. The summed E-state index contributed by atoms with van der Waals surface area (Å²) < 4.78 is 11.8. The molecular weight excluding hydrogens is 356 g/mol. The lowest BCUT2D eigenvalue weighted by molar-refractivity contribution is 0.0517. The van der Waals surface area contributed by atoms with E-state index in [4.69, 9.17) is 9.47 Å². The fourth-order valence-electron chi connectivity index (χ4n) is 2.97. The Kier molecular flexibility index (Phi) is 5.89. The Morgan fingerprint density at radius 2 is 1.29 bits per heavy atom. The Hall–Kier alpha value is -3.41. The lowest BCUT2D eigenvalue weighted by Gasteiger charge is -2.09. The maximum Gasteiger partial charge on any atom is 0.338 e. The summed E-state index contributed by atoms with van der Waals surface area (Å²) in [5.74, 6) is -0.677. The lowest BCUT2D eigenvalue weighted by Crippen LogP contribution is -2.04. The van der Waals surface area contributed by atoms with Crippen molar-refractivity contribution in [1.82, 2.24) is 9.78 Å². The quantitative estimate of drug-likeness (QED) is 0.604. The van der Waals surface area contributed by atoms with Crippen LogP contribution in [0.1, 0.15) is 34.6 Å². The van der Waals surface area contributed by atoms with E-state index in [2.05, 4.69) is 5.10 Å². The van der Waals surface area contributed by atoms with Crippen LogP contribution in [0.3, 0.4) is 0 Å². The van der Waals surface area contributed by atoms with E-state index < -0.39 is 0 Å². The van der Waals surface area contributed by atoms with Crippen molar-refractivity contribution in [1.29, 1.82) is 0 Å². The van der Waals surface area contributed by atoms with Crippen molar-refractivity contribution in [3.8, 4) is 22.4 Å². The highest BCUT2D eigenvalue weighted by molar-refractivity contribution is 5.92. The Bertz CT molecular complexity index is 973. The van der Waals surface area contributed by atoms with Gasteiger partial charge in [0.25, 0.3) is 0 Å². The molecule has 0 saturated heterocycles. The molecule has 6 nitrogen and oxygen atoms in total. The zero-order chi connectivity index (χ0) is 20.1. The van der Waals surface area contributed by atoms with Crippen molar-refractivity contribution >= 4 is 11.9 Å². The van der Waals surface area contributed by atoms with Crippen LogP contribution in [0.25, 0.3) is 22.4 Å². The van der Waals surface area contributed by atoms with Gasteiger partial charge >= 0.3 is 11.9 Å². The Morgan fingerprint density at radius 1 is 0.821 bits per heavy atom. The molecule has 0 spiro atoms. The molecule has 1 heterocycles. The number of esters is 2. The fraction of sp³-hybridized carbons (Fsp3) is 0.227. The van der Waals surface area contributed by atoms with Crippen LogP contribution < -0.4 is 0 Å². The Balaban J connectivity index is 1.92. The molecule has 3 aromatic rings. The molecule has 0 radical (unpaired) electrons. The summed E-state index contributed by atoms with van der Waals surface area (Å²) in [7, 11) is 1.87. The first kappa shape index (κ1) is 19.4. The van der Waals surface area contributed by atoms with Crippen LogP contribution in [-0.2, 0) is 16.5 Å². The summed E-state index contributed by atoms with van der Waals surface area (Å²) in [5.41, 5.74) is 4.73. The summed E-state index contributed by atoms with van der Waals surface area (Å²) in [6.07, 6.45) is 1.79. The van der Waals surface area contributed by atoms with Gasteiger partial charge in [0.05, 0.1) is 36.2 Å². The van der Waals surface area contributed by atoms with Gasteiger partial charge in [-0.15, -0.1) is 0 Å². The molecule has 2 aromatic carbocycles. The largest absolute Gasteiger partial charge is 0.462 e. The smallest absolute Gasteiger partial charge is 0.338 e. The van der Waals surface area contributed by atoms with Crippen molar-refractivity contribution in [2.24, 2.45) is 7.05 Å². The van der Waals surface area contributed by atoms with Crippen LogP contribution >= 0.6 is 0 Å². The van der Waals surface area contributed by atoms with Crippen molar-refractivity contribution in [3.63, 3.8) is 0 Å². The standard InChI is InChI=1S/C22H22N2O4/c1-4-27-21(25)17-10-6-15(7-11-17)19-14-23-24(3)20(19)16-8-12-18(13-9-16)22(26)28-5-2/h6-14H,4-5H2,1-3H3. The molecule has 144 valence electrons. The topological polar surface area (TPSA) is 70.4 Å². The summed E-state index contributed by atoms with van der Waals surface area (Å²) in [5, 5.41) is 4.38. The normalized spacial score (nSPS) is 10.5. The molecule has 28 heavy (non-hydrogen) atoms. The number of ether oxygens (including phenoxy) is 2. The number of carbonyl (C=O) groups is 2. The van der Waals surface area contributed by atoms with Gasteiger partial charge in [0.15, 0.2) is 0 Å². The van der Waals surface area contributed by atoms with Crippen molar-refractivity contribution in [3.05, 3.63) is 65.9 Å². The van der Waals surface area contributed by atoms with Crippen molar-refractivity contribution in [2.45, 2.75) is 13.8 Å². The molecule has 0 atom stereocenters. The van der Waals surface area contributed by atoms with Crippen molar-refractivity contribution in [2.75, 3.05) is 13.2 Å². The number of nitrogens with zero attached hydrogens (tertiary/aromatic N) is 2. The summed E-state index contributed by atoms with van der Waals surface area (Å²) in [6.45, 7) is 4.24. The highest BCUT2D eigenvalue weighted by Crippen LogP contribution is 2.32. The third-order valence-corrected chi connectivity index (χ3v) is 4.32. The zero-order valence-corrected chi connectivity index (χ0v) is 16.1. The number of benzene rings is 2. The zero-order valence-electron chi connectivity index (χ0n) is 16.1. The van der Waals surface area contributed by atoms with Gasteiger partial charge in [-0.05, 0) is 43.7 Å². The number of hydrogen-bond donors (Lipinski definition) is 0. The summed E-state index contributed by atoms with van der Waals surface area (Å²) in [6, 6.07) is 14.5. The van der Waals surface area contributed by atoms with Gasteiger partial charge in [0.2, 0.25) is 0 Å². The molecule has 0 aliphatic carbocycles. The molecule has 3 rings (SSSR count). The number of rotatable bonds is 6. The Morgan fingerprint density at radius 3 is 1.75 bits per heavy atom. The first-order valence-corrected chi connectivity index (χ1v) is 9.12. The average molecular weight is 378 g/mol. The third kappa shape index (κ3) is 3.96. The van der Waals surface area contributed by atoms with Gasteiger partial charge in [-0.2, -0.15) is 5.10 Å². The summed E-state index contributed by atoms with van der Waals surface area (Å²) in [4.78, 5) is 23.7. The van der Waals surface area contributed by atoms with E-state index in [1.54, 1.807) is 49.0 Å². The average Bonchev–Trinajstić information content (AvgIpc) is 3.10. The predicted molar refractivity (Wildman–Crippen MR) is 106 cm³/mol. The van der Waals surface area contributed by atoms with E-state index in [0.29, 0.717) is 24.3 Å². The maximum absolute atomic E-state index is 11.9. The SMILES string of the molecule is CCOC(=O)c1ccc(-c2cnn(C)c2-c2ccc(C(=O)OCC)cc2)cc1. The molecular formula is C22H22N2O4. The van der Waals surface area contributed by atoms with E-state index >= 15 is 0 Å². The molecule has 0 unspecified atom stereocenters. The molecule has 0 amide bonds. The second-order valence-electron chi connectivity index (χ2n) is 6.13. The van der Waals surface area contributed by atoms with Gasteiger partial charge in [0, 0.05) is 18.2 Å². The molecule has 0 saturated carbocycles. The number of aromatic nitrogens is 2. The van der Waals surface area contributed by atoms with Crippen molar-refractivity contribution < 1.29 is 19.1 Å². The Labute approximate surface area is 163 Å². The van der Waals surface area contributed by atoms with E-state index in [1.165, 1.54) is 0 Å². The molecule has 0 fully saturated rings. The summed E-state index contributed by atoms with van der Waals surface area (Å²) >= 11 is 0. The van der Waals surface area contributed by atoms with Gasteiger partial charge in [0.1, 0.15) is 0 Å². The van der Waals surface area contributed by atoms with E-state index in [-0.39, 0.29) is 11.9 Å². The predicted octanol–water partition coefficient (Wildman–Crippen LogP) is 4.11. The molecule has 1 aromatic heterocycles. The fourth-order valence-corrected chi connectivity index (χ4v) is 2.97. The van der Waals surface area contributed by atoms with Gasteiger partial charge < -0.3 is 9.47 Å². The molecule has 6 heteroatoms. The van der Waals surface area contributed by atoms with Gasteiger partial charge in [-0.1, -0.05) is 24.3 Å². The maximum atomic E-state index is 11.9. The van der Waals surface area contributed by atoms with E-state index in [1.807, 2.05) is 31.3 Å². The minimum atomic E-state index is -0.339. The molecule has 0 aliphatic rings. The van der Waals surface area contributed by atoms with Crippen LogP contribution in [0.4, 0.5) is 0 Å². The second-order valence-corrected chi connectivity index (χ2v) is 6.13. The van der Waals surface area contributed by atoms with Crippen LogP contribution in [-0.4, -0.2) is 34.9 Å². The minimum Gasteiger partial charge on any atom is -0.462 e. The molecule has 0 aliphatic heterocycles. The first-order chi connectivity index (χ1) is 13.5. The van der Waals surface area contributed by atoms with E-state index in [0.717, 1.165) is 22.4 Å². The second kappa shape index (κ2) is 8.52. The van der Waals surface area contributed by atoms with Crippen LogP contribution in [0.2, 0.25) is 0 Å². The van der Waals surface area contributed by atoms with Gasteiger partial charge in [-0.3, -0.25) is 4.68 Å². The molecule has 0 N–H and O–H groups in total. The van der Waals surface area contributed by atoms with E-state index in [9.17, 15) is 9.59 Å². The lowest BCUT2D eigenvalue weighted by atomic mass is 9.99. The third-order valence-electron chi connectivity index (χ3n) is 4.32. The van der Waals surface area contributed by atoms with Crippen LogP contribution in [0, 0.1) is 0 Å². The highest BCUT2D eigenvalue weighted by Gasteiger charge is 2.15. The van der Waals surface area contributed by atoms with Gasteiger partial charge in [-0.25, -0.2) is 9.59 Å². The highest BCUT2D eigenvalue weighted by atomic mass is 16.5. The minimum absolute atomic E-state index is 0.338. The monoisotopic (exact) mass is 378 g/mol. The van der Waals surface area contributed by atoms with Crippen LogP contribution in [0.5, 0.6) is 0 Å². The van der Waals surface area contributed by atoms with Crippen LogP contribution in [0.15, 0.2) is 54.7 Å². The number of carbonyl (C=O) groups excluding carboxylic acids is 2. The number of aryl methyl sites for hydroxylation is 1.